The van der Waals surface area contributed by atoms with Gasteiger partial charge in [0.25, 0.3) is 0 Å². The van der Waals surface area contributed by atoms with Crippen LogP contribution in [-0.4, -0.2) is 10.6 Å². The van der Waals surface area contributed by atoms with Crippen molar-refractivity contribution in [3.8, 4) is 5.75 Å². The molecule has 0 bridgehead atoms. The third kappa shape index (κ3) is 7.37. The van der Waals surface area contributed by atoms with E-state index in [9.17, 15) is 5.11 Å². The van der Waals surface area contributed by atoms with E-state index in [-0.39, 0.29) is 5.54 Å². The zero-order valence-electron chi connectivity index (χ0n) is 14.0. The Morgan fingerprint density at radius 1 is 1.09 bits per heavy atom. The molecule has 23 heavy (non-hydrogen) atoms. The Kier molecular flexibility index (Phi) is 8.82. The van der Waals surface area contributed by atoms with Crippen LogP contribution < -0.4 is 10.6 Å². The van der Waals surface area contributed by atoms with Crippen LogP contribution in [0.5, 0.6) is 5.75 Å². The summed E-state index contributed by atoms with van der Waals surface area (Å²) in [6, 6.07) is 14.1. The number of halogens is 1. The second-order valence-corrected chi connectivity index (χ2v) is 7.62. The minimum absolute atomic E-state index is 0.0261. The molecular formula is C18H23ClNOPTi. The monoisotopic (exact) mass is 383 g/mol. The standard InChI is InChI=1S/C18H23NOP.ClH.Ti/c1-13-9-10-15(20)17(11-13)21-16-8-6-5-7-14(16)12-19-18(2,3)4;;/h5-11,20-21H,12H2,1-4H3;1H;/q-1;;+2/p-1. The summed E-state index contributed by atoms with van der Waals surface area (Å²) in [5.41, 5.74) is 2.39. The molecule has 0 aliphatic heterocycles. The summed E-state index contributed by atoms with van der Waals surface area (Å²) >= 11 is 1.47. The third-order valence-electron chi connectivity index (χ3n) is 3.16. The van der Waals surface area contributed by atoms with E-state index in [1.165, 1.54) is 35.8 Å². The van der Waals surface area contributed by atoms with E-state index in [0.29, 0.717) is 14.3 Å². The van der Waals surface area contributed by atoms with Crippen LogP contribution in [-0.2, 0) is 25.9 Å². The van der Waals surface area contributed by atoms with Crippen LogP contribution in [0.15, 0.2) is 42.5 Å². The van der Waals surface area contributed by atoms with Crippen molar-refractivity contribution < 1.29 is 24.5 Å². The van der Waals surface area contributed by atoms with E-state index >= 15 is 0 Å². The van der Waals surface area contributed by atoms with Crippen molar-refractivity contribution >= 4 is 28.5 Å². The Hall–Kier alpha value is -0.366. The van der Waals surface area contributed by atoms with Crippen LogP contribution in [0.3, 0.4) is 0 Å². The minimum atomic E-state index is -0.0261. The normalized spacial score (nSPS) is 11.3. The number of phenols is 1. The van der Waals surface area contributed by atoms with Gasteiger partial charge in [-0.3, -0.25) is 0 Å². The molecule has 0 heterocycles. The Labute approximate surface area is 157 Å². The van der Waals surface area contributed by atoms with Gasteiger partial charge in [-0.2, -0.15) is 0 Å². The summed E-state index contributed by atoms with van der Waals surface area (Å²) < 4.78 is 0. The van der Waals surface area contributed by atoms with Crippen molar-refractivity contribution in [1.29, 1.82) is 0 Å². The molecule has 2 rings (SSSR count). The van der Waals surface area contributed by atoms with Gasteiger partial charge in [0.05, 0.1) is 0 Å². The molecule has 1 N–H and O–H groups in total. The first-order valence-electron chi connectivity index (χ1n) is 7.37. The molecule has 0 aliphatic carbocycles. The second-order valence-electron chi connectivity index (χ2n) is 6.29. The van der Waals surface area contributed by atoms with Gasteiger partial charge in [0.15, 0.2) is 0 Å². The van der Waals surface area contributed by atoms with Crippen LogP contribution in [0.1, 0.15) is 31.9 Å². The summed E-state index contributed by atoms with van der Waals surface area (Å²) in [5, 5.41) is 17.0. The maximum absolute atomic E-state index is 10.0. The van der Waals surface area contributed by atoms with Gasteiger partial charge in [0, 0.05) is 5.30 Å². The Balaban J connectivity index is 0.00000127. The van der Waals surface area contributed by atoms with Gasteiger partial charge in [-0.05, 0) is 24.4 Å². The summed E-state index contributed by atoms with van der Waals surface area (Å²) in [5.74, 6) is 0.376. The van der Waals surface area contributed by atoms with Gasteiger partial charge in [-0.1, -0.05) is 70.8 Å². The molecule has 2 aromatic rings. The van der Waals surface area contributed by atoms with Gasteiger partial charge in [0.1, 0.15) is 5.75 Å². The fourth-order valence-electron chi connectivity index (χ4n) is 2.00. The number of rotatable bonds is 4. The molecule has 0 amide bonds. The quantitative estimate of drug-likeness (QED) is 0.603. The molecule has 0 aliphatic rings. The van der Waals surface area contributed by atoms with Crippen LogP contribution in [0.4, 0.5) is 0 Å². The fourth-order valence-corrected chi connectivity index (χ4v) is 3.30. The van der Waals surface area contributed by atoms with Crippen molar-refractivity contribution in [1.82, 2.24) is 0 Å². The SMILES string of the molecule is Cc1ccc(O)c(Pc2ccccc2C[N-]C(C)(C)C)c1.[Cl][Ti+]. The average molecular weight is 384 g/mol. The molecule has 0 fully saturated rings. The number of aryl methyl sites for hydroxylation is 1. The van der Waals surface area contributed by atoms with E-state index in [0.717, 1.165) is 11.8 Å². The maximum atomic E-state index is 10.0. The van der Waals surface area contributed by atoms with Crippen LogP contribution in [0, 0.1) is 6.92 Å². The zero-order chi connectivity index (χ0) is 17.5. The summed E-state index contributed by atoms with van der Waals surface area (Å²) in [6.07, 6.45) is 0. The molecule has 0 saturated carbocycles. The first-order valence-corrected chi connectivity index (χ1v) is 10.5. The van der Waals surface area contributed by atoms with E-state index in [4.69, 9.17) is 5.32 Å². The number of phenolic OH excluding ortho intramolecular Hbond substituents is 1. The van der Waals surface area contributed by atoms with Crippen molar-refractivity contribution in [3.05, 3.63) is 58.9 Å². The van der Waals surface area contributed by atoms with Crippen molar-refractivity contribution in [2.24, 2.45) is 0 Å². The molecule has 2 aromatic carbocycles. The molecule has 0 radical (unpaired) electrons. The van der Waals surface area contributed by atoms with Crippen LogP contribution in [0.2, 0.25) is 0 Å². The van der Waals surface area contributed by atoms with E-state index in [1.807, 2.05) is 13.0 Å². The molecule has 1 atom stereocenters. The van der Waals surface area contributed by atoms with E-state index in [2.05, 4.69) is 60.4 Å². The Morgan fingerprint density at radius 2 is 1.74 bits per heavy atom. The van der Waals surface area contributed by atoms with E-state index < -0.39 is 0 Å². The molecule has 0 spiro atoms. The van der Waals surface area contributed by atoms with E-state index in [1.54, 1.807) is 6.07 Å². The molecule has 2 nitrogen and oxygen atoms in total. The van der Waals surface area contributed by atoms with Gasteiger partial charge in [-0.25, -0.2) is 0 Å². The number of nitrogens with zero attached hydrogens (tertiary/aromatic N) is 1. The first kappa shape index (κ1) is 20.7. The first-order chi connectivity index (χ1) is 10.8. The van der Waals surface area contributed by atoms with Crippen LogP contribution in [0.25, 0.3) is 5.32 Å². The average Bonchev–Trinajstić information content (AvgIpc) is 2.51. The van der Waals surface area contributed by atoms with Gasteiger partial charge >= 0.3 is 28.7 Å². The predicted molar refractivity (Wildman–Crippen MR) is 99.5 cm³/mol. The summed E-state index contributed by atoms with van der Waals surface area (Å²) in [6.45, 7) is 9.12. The molecule has 1 unspecified atom stereocenters. The number of hydrogen-bond acceptors (Lipinski definition) is 1. The Bertz CT molecular complexity index is 629. The summed E-state index contributed by atoms with van der Waals surface area (Å²) in [4.78, 5) is 0. The molecular weight excluding hydrogens is 360 g/mol. The van der Waals surface area contributed by atoms with Crippen molar-refractivity contribution in [3.63, 3.8) is 0 Å². The van der Waals surface area contributed by atoms with Crippen LogP contribution >= 0.6 is 17.9 Å². The number of aromatic hydroxyl groups is 1. The Morgan fingerprint density at radius 3 is 2.39 bits per heavy atom. The molecule has 0 aromatic heterocycles. The fraction of sp³-hybridized carbons (Fsp3) is 0.333. The zero-order valence-corrected chi connectivity index (χ0v) is 17.3. The number of hydrogen-bond donors (Lipinski definition) is 1. The van der Waals surface area contributed by atoms with Gasteiger partial charge in [-0.15, -0.1) is 12.1 Å². The summed E-state index contributed by atoms with van der Waals surface area (Å²) in [7, 11) is 5.09. The molecule has 5 heteroatoms. The van der Waals surface area contributed by atoms with Gasteiger partial charge in [0.2, 0.25) is 0 Å². The van der Waals surface area contributed by atoms with Crippen molar-refractivity contribution in [2.75, 3.05) is 0 Å². The van der Waals surface area contributed by atoms with Crippen molar-refractivity contribution in [2.45, 2.75) is 39.8 Å². The predicted octanol–water partition coefficient (Wildman–Crippen LogP) is 4.69. The third-order valence-corrected chi connectivity index (χ3v) is 4.59. The number of benzene rings is 2. The topological polar surface area (TPSA) is 34.3 Å². The second kappa shape index (κ2) is 9.82. The van der Waals surface area contributed by atoms with Gasteiger partial charge < -0.3 is 10.4 Å². The molecule has 122 valence electrons. The molecule has 0 saturated heterocycles.